The molecule has 0 aliphatic carbocycles. The number of hydrogen-bond acceptors (Lipinski definition) is 1. The highest BCUT2D eigenvalue weighted by Gasteiger charge is 2.15. The van der Waals surface area contributed by atoms with E-state index in [4.69, 9.17) is 11.6 Å². The molecule has 0 saturated heterocycles. The number of carbonyl (C=O) groups excluding carboxylic acids is 1. The highest BCUT2D eigenvalue weighted by atomic mass is 79.9. The van der Waals surface area contributed by atoms with Gasteiger partial charge < -0.3 is 4.90 Å². The van der Waals surface area contributed by atoms with E-state index in [1.54, 1.807) is 24.1 Å². The second-order valence-corrected chi connectivity index (χ2v) is 5.42. The van der Waals surface area contributed by atoms with Gasteiger partial charge in [0.1, 0.15) is 0 Å². The minimum absolute atomic E-state index is 0.0492. The average molecular weight is 291 g/mol. The molecule has 0 bridgehead atoms. The first kappa shape index (κ1) is 12.5. The molecule has 0 N–H and O–H groups in total. The lowest BCUT2D eigenvalue weighted by Gasteiger charge is -2.19. The first-order valence-corrected chi connectivity index (χ1v) is 5.95. The number of carbonyl (C=O) groups is 1. The second-order valence-electron chi connectivity index (χ2n) is 3.45. The Morgan fingerprint density at radius 2 is 2.13 bits per heavy atom. The summed E-state index contributed by atoms with van der Waals surface area (Å²) in [5, 5.41) is 0.497. The summed E-state index contributed by atoms with van der Waals surface area (Å²) in [6, 6.07) is 7.08. The summed E-state index contributed by atoms with van der Waals surface area (Å²) in [4.78, 5) is 13.8. The van der Waals surface area contributed by atoms with Crippen LogP contribution < -0.4 is 0 Å². The number of rotatable bonds is 3. The molecule has 2 nitrogen and oxygen atoms in total. The fourth-order valence-electron chi connectivity index (χ4n) is 1.30. The molecular formula is C11H13BrClNO. The van der Waals surface area contributed by atoms with Crippen molar-refractivity contribution < 1.29 is 4.79 Å². The number of halogens is 2. The maximum Gasteiger partial charge on any atom is 0.255 e. The third-order valence-corrected chi connectivity index (χ3v) is 2.60. The fourth-order valence-corrected chi connectivity index (χ4v) is 1.95. The fraction of sp³-hybridized carbons (Fsp3) is 0.364. The Morgan fingerprint density at radius 3 is 2.67 bits per heavy atom. The lowest BCUT2D eigenvalue weighted by atomic mass is 10.2. The van der Waals surface area contributed by atoms with Crippen molar-refractivity contribution in [2.45, 2.75) is 11.8 Å². The van der Waals surface area contributed by atoms with Gasteiger partial charge in [-0.3, -0.25) is 4.79 Å². The Bertz CT molecular complexity index is 354. The standard InChI is InChI=1S/C11H13BrClNO/c1-8(12)7-14(2)11(15)9-5-3-4-6-10(9)13/h3-6,8H,7H2,1-2H3. The second kappa shape index (κ2) is 5.52. The molecule has 82 valence electrons. The van der Waals surface area contributed by atoms with Crippen LogP contribution in [-0.2, 0) is 0 Å². The molecule has 1 amide bonds. The van der Waals surface area contributed by atoms with E-state index in [-0.39, 0.29) is 10.7 Å². The predicted octanol–water partition coefficient (Wildman–Crippen LogP) is 3.20. The van der Waals surface area contributed by atoms with Crippen LogP contribution in [0.3, 0.4) is 0 Å². The minimum Gasteiger partial charge on any atom is -0.341 e. The topological polar surface area (TPSA) is 20.3 Å². The van der Waals surface area contributed by atoms with Gasteiger partial charge in [-0.1, -0.05) is 46.6 Å². The Labute approximate surface area is 103 Å². The Morgan fingerprint density at radius 1 is 1.53 bits per heavy atom. The summed E-state index contributed by atoms with van der Waals surface area (Å²) in [5.74, 6) is -0.0492. The van der Waals surface area contributed by atoms with Crippen molar-refractivity contribution in [1.82, 2.24) is 4.90 Å². The van der Waals surface area contributed by atoms with Crippen LogP contribution in [0, 0.1) is 0 Å². The van der Waals surface area contributed by atoms with Crippen LogP contribution in [0.1, 0.15) is 17.3 Å². The zero-order valence-corrected chi connectivity index (χ0v) is 11.0. The van der Waals surface area contributed by atoms with Gasteiger partial charge in [0.2, 0.25) is 0 Å². The molecule has 4 heteroatoms. The van der Waals surface area contributed by atoms with Gasteiger partial charge in [-0.25, -0.2) is 0 Å². The van der Waals surface area contributed by atoms with E-state index >= 15 is 0 Å². The third kappa shape index (κ3) is 3.50. The highest BCUT2D eigenvalue weighted by molar-refractivity contribution is 9.09. The smallest absolute Gasteiger partial charge is 0.255 e. The van der Waals surface area contributed by atoms with Gasteiger partial charge in [-0.05, 0) is 12.1 Å². The molecular weight excluding hydrogens is 277 g/mol. The van der Waals surface area contributed by atoms with Crippen molar-refractivity contribution in [3.05, 3.63) is 34.9 Å². The van der Waals surface area contributed by atoms with E-state index in [9.17, 15) is 4.79 Å². The van der Waals surface area contributed by atoms with E-state index in [1.165, 1.54) is 0 Å². The Kier molecular flexibility index (Phi) is 4.61. The van der Waals surface area contributed by atoms with Crippen molar-refractivity contribution in [3.8, 4) is 0 Å². The summed E-state index contributed by atoms with van der Waals surface area (Å²) in [5.41, 5.74) is 0.551. The van der Waals surface area contributed by atoms with Crippen molar-refractivity contribution >= 4 is 33.4 Å². The summed E-state index contributed by atoms with van der Waals surface area (Å²) < 4.78 is 0. The quantitative estimate of drug-likeness (QED) is 0.783. The zero-order valence-electron chi connectivity index (χ0n) is 8.71. The molecule has 15 heavy (non-hydrogen) atoms. The van der Waals surface area contributed by atoms with Crippen LogP contribution >= 0.6 is 27.5 Å². The molecule has 0 aliphatic heterocycles. The van der Waals surface area contributed by atoms with Gasteiger partial charge in [0.25, 0.3) is 5.91 Å². The monoisotopic (exact) mass is 289 g/mol. The van der Waals surface area contributed by atoms with Crippen molar-refractivity contribution in [2.75, 3.05) is 13.6 Å². The van der Waals surface area contributed by atoms with Gasteiger partial charge in [0, 0.05) is 18.4 Å². The largest absolute Gasteiger partial charge is 0.341 e. The molecule has 1 aromatic rings. The Hall–Kier alpha value is -0.540. The molecule has 0 radical (unpaired) electrons. The highest BCUT2D eigenvalue weighted by Crippen LogP contribution is 2.17. The van der Waals surface area contributed by atoms with Crippen molar-refractivity contribution in [3.63, 3.8) is 0 Å². The molecule has 0 heterocycles. The van der Waals surface area contributed by atoms with Gasteiger partial charge in [0.05, 0.1) is 10.6 Å². The third-order valence-electron chi connectivity index (χ3n) is 1.98. The number of amides is 1. The van der Waals surface area contributed by atoms with E-state index in [2.05, 4.69) is 15.9 Å². The number of alkyl halides is 1. The van der Waals surface area contributed by atoms with Crippen molar-refractivity contribution in [2.24, 2.45) is 0 Å². The summed E-state index contributed by atoms with van der Waals surface area (Å²) in [6.07, 6.45) is 0. The van der Waals surface area contributed by atoms with Gasteiger partial charge in [-0.2, -0.15) is 0 Å². The normalized spacial score (nSPS) is 12.3. The van der Waals surface area contributed by atoms with E-state index in [1.807, 2.05) is 19.1 Å². The van der Waals surface area contributed by atoms with Gasteiger partial charge in [-0.15, -0.1) is 0 Å². The number of hydrogen-bond donors (Lipinski definition) is 0. The van der Waals surface area contributed by atoms with Gasteiger partial charge in [0.15, 0.2) is 0 Å². The molecule has 0 aromatic heterocycles. The average Bonchev–Trinajstić information content (AvgIpc) is 2.16. The molecule has 0 fully saturated rings. The number of benzene rings is 1. The summed E-state index contributed by atoms with van der Waals surface area (Å²) >= 11 is 9.35. The van der Waals surface area contributed by atoms with Crippen LogP contribution in [0.25, 0.3) is 0 Å². The van der Waals surface area contributed by atoms with Crippen LogP contribution in [0.2, 0.25) is 5.02 Å². The van der Waals surface area contributed by atoms with Crippen LogP contribution in [0.5, 0.6) is 0 Å². The minimum atomic E-state index is -0.0492. The lowest BCUT2D eigenvalue weighted by molar-refractivity contribution is 0.0797. The molecule has 1 unspecified atom stereocenters. The molecule has 1 atom stereocenters. The molecule has 0 saturated carbocycles. The van der Waals surface area contributed by atoms with Crippen LogP contribution in [-0.4, -0.2) is 29.2 Å². The van der Waals surface area contributed by atoms with E-state index in [0.717, 1.165) is 0 Å². The summed E-state index contributed by atoms with van der Waals surface area (Å²) in [7, 11) is 1.77. The molecule has 1 rings (SSSR count). The van der Waals surface area contributed by atoms with Crippen molar-refractivity contribution in [1.29, 1.82) is 0 Å². The van der Waals surface area contributed by atoms with Crippen LogP contribution in [0.4, 0.5) is 0 Å². The summed E-state index contributed by atoms with van der Waals surface area (Å²) in [6.45, 7) is 2.65. The zero-order chi connectivity index (χ0) is 11.4. The maximum atomic E-state index is 11.9. The molecule has 1 aromatic carbocycles. The predicted molar refractivity (Wildman–Crippen MR) is 66.8 cm³/mol. The molecule has 0 aliphatic rings. The SMILES string of the molecule is CC(Br)CN(C)C(=O)c1ccccc1Cl. The number of nitrogens with zero attached hydrogens (tertiary/aromatic N) is 1. The Balaban J connectivity index is 2.81. The van der Waals surface area contributed by atoms with Crippen LogP contribution in [0.15, 0.2) is 24.3 Å². The first-order chi connectivity index (χ1) is 7.02. The van der Waals surface area contributed by atoms with Gasteiger partial charge >= 0.3 is 0 Å². The lowest BCUT2D eigenvalue weighted by Crippen LogP contribution is -2.31. The molecule has 0 spiro atoms. The van der Waals surface area contributed by atoms with E-state index < -0.39 is 0 Å². The maximum absolute atomic E-state index is 11.9. The first-order valence-electron chi connectivity index (χ1n) is 4.66. The van der Waals surface area contributed by atoms with E-state index in [0.29, 0.717) is 17.1 Å².